The number of carbonyl (C=O) groups excluding carboxylic acids is 1. The van der Waals surface area contributed by atoms with Crippen LogP contribution in [0.5, 0.6) is 0 Å². The van der Waals surface area contributed by atoms with Crippen molar-refractivity contribution in [3.05, 3.63) is 17.0 Å². The van der Waals surface area contributed by atoms with Gasteiger partial charge in [0.2, 0.25) is 10.0 Å². The van der Waals surface area contributed by atoms with Gasteiger partial charge in [0.15, 0.2) is 0 Å². The zero-order valence-corrected chi connectivity index (χ0v) is 10.8. The van der Waals surface area contributed by atoms with E-state index in [4.69, 9.17) is 5.14 Å². The lowest BCUT2D eigenvalue weighted by Crippen LogP contribution is -2.26. The molecule has 5 nitrogen and oxygen atoms in total. The van der Waals surface area contributed by atoms with Crippen molar-refractivity contribution in [3.8, 4) is 0 Å². The van der Waals surface area contributed by atoms with Crippen molar-refractivity contribution in [3.63, 3.8) is 0 Å². The Balaban J connectivity index is 2.91. The van der Waals surface area contributed by atoms with Gasteiger partial charge in [-0.1, -0.05) is 6.92 Å². The summed E-state index contributed by atoms with van der Waals surface area (Å²) in [6.07, 6.45) is 0.856. The van der Waals surface area contributed by atoms with E-state index in [2.05, 4.69) is 0 Å². The maximum Gasteiger partial charge on any atom is 0.254 e. The molecule has 2 N–H and O–H groups in total. The molecule has 0 radical (unpaired) electrons. The van der Waals surface area contributed by atoms with Crippen LogP contribution in [0.4, 0.5) is 0 Å². The number of primary sulfonamides is 1. The molecule has 0 bridgehead atoms. The van der Waals surface area contributed by atoms with Gasteiger partial charge in [0.1, 0.15) is 4.21 Å². The first-order chi connectivity index (χ1) is 7.36. The van der Waals surface area contributed by atoms with E-state index in [0.29, 0.717) is 12.1 Å². The van der Waals surface area contributed by atoms with Crippen LogP contribution in [0.2, 0.25) is 0 Å². The Morgan fingerprint density at radius 1 is 1.56 bits per heavy atom. The summed E-state index contributed by atoms with van der Waals surface area (Å²) in [7, 11) is -2.03. The number of hydrogen-bond acceptors (Lipinski definition) is 4. The van der Waals surface area contributed by atoms with Crippen molar-refractivity contribution in [2.75, 3.05) is 13.6 Å². The number of nitrogens with two attached hydrogens (primary N) is 1. The highest BCUT2D eigenvalue weighted by molar-refractivity contribution is 7.91. The first-order valence-electron chi connectivity index (χ1n) is 4.73. The van der Waals surface area contributed by atoms with Gasteiger partial charge in [0.05, 0.1) is 5.56 Å². The van der Waals surface area contributed by atoms with E-state index in [-0.39, 0.29) is 10.1 Å². The summed E-state index contributed by atoms with van der Waals surface area (Å²) in [6.45, 7) is 2.60. The summed E-state index contributed by atoms with van der Waals surface area (Å²) >= 11 is 0.960. The summed E-state index contributed by atoms with van der Waals surface area (Å²) in [5.41, 5.74) is 0.366. The number of rotatable bonds is 4. The van der Waals surface area contributed by atoms with Gasteiger partial charge in [-0.15, -0.1) is 11.3 Å². The second-order valence-electron chi connectivity index (χ2n) is 3.43. The van der Waals surface area contributed by atoms with Gasteiger partial charge in [0.25, 0.3) is 5.91 Å². The van der Waals surface area contributed by atoms with E-state index >= 15 is 0 Å². The second-order valence-corrected chi connectivity index (χ2v) is 6.13. The molecule has 1 amide bonds. The second kappa shape index (κ2) is 4.94. The van der Waals surface area contributed by atoms with Crippen LogP contribution in [-0.2, 0) is 10.0 Å². The van der Waals surface area contributed by atoms with Gasteiger partial charge in [-0.2, -0.15) is 0 Å². The van der Waals surface area contributed by atoms with E-state index in [0.717, 1.165) is 17.8 Å². The lowest BCUT2D eigenvalue weighted by Gasteiger charge is -2.14. The molecule has 7 heteroatoms. The molecule has 16 heavy (non-hydrogen) atoms. The standard InChI is InChI=1S/C9H14N2O3S2/c1-3-4-11(2)9(12)7-5-8(15-6-7)16(10,13)14/h5-6H,3-4H2,1-2H3,(H2,10,13,14). The summed E-state index contributed by atoms with van der Waals surface area (Å²) in [4.78, 5) is 13.3. The highest BCUT2D eigenvalue weighted by Gasteiger charge is 2.17. The third-order valence-electron chi connectivity index (χ3n) is 2.01. The smallest absolute Gasteiger partial charge is 0.254 e. The molecule has 0 aromatic carbocycles. The molecule has 0 atom stereocenters. The molecule has 1 aromatic rings. The molecule has 0 saturated carbocycles. The van der Waals surface area contributed by atoms with Gasteiger partial charge >= 0.3 is 0 Å². The summed E-state index contributed by atoms with van der Waals surface area (Å²) in [6, 6.07) is 1.31. The van der Waals surface area contributed by atoms with Gasteiger partial charge < -0.3 is 4.90 Å². The Bertz CT molecular complexity index is 479. The van der Waals surface area contributed by atoms with Crippen LogP contribution in [0.1, 0.15) is 23.7 Å². The third kappa shape index (κ3) is 3.03. The molecule has 90 valence electrons. The zero-order chi connectivity index (χ0) is 12.3. The Labute approximate surface area is 98.9 Å². The van der Waals surface area contributed by atoms with E-state index in [1.165, 1.54) is 11.4 Å². The summed E-state index contributed by atoms with van der Waals surface area (Å²) < 4.78 is 22.1. The number of amides is 1. The molecule has 1 rings (SSSR count). The predicted molar refractivity (Wildman–Crippen MR) is 62.9 cm³/mol. The lowest BCUT2D eigenvalue weighted by atomic mass is 10.3. The molecule has 1 aromatic heterocycles. The maximum absolute atomic E-state index is 11.8. The number of hydrogen-bond donors (Lipinski definition) is 1. The monoisotopic (exact) mass is 262 g/mol. The molecule has 0 aliphatic rings. The van der Waals surface area contributed by atoms with Crippen molar-refractivity contribution in [2.24, 2.45) is 5.14 Å². The Kier molecular flexibility index (Phi) is 4.06. The fourth-order valence-electron chi connectivity index (χ4n) is 1.24. The maximum atomic E-state index is 11.8. The highest BCUT2D eigenvalue weighted by Crippen LogP contribution is 2.19. The molecule has 0 saturated heterocycles. The van der Waals surface area contributed by atoms with Gasteiger partial charge in [-0.05, 0) is 12.5 Å². The van der Waals surface area contributed by atoms with E-state index < -0.39 is 10.0 Å². The molecule has 0 aliphatic carbocycles. The molecular weight excluding hydrogens is 248 g/mol. The van der Waals surface area contributed by atoms with Gasteiger partial charge in [-0.25, -0.2) is 13.6 Å². The number of carbonyl (C=O) groups is 1. The van der Waals surface area contributed by atoms with Crippen LogP contribution in [0.15, 0.2) is 15.7 Å². The SMILES string of the molecule is CCCN(C)C(=O)c1csc(S(N)(=O)=O)c1. The van der Waals surface area contributed by atoms with Crippen molar-refractivity contribution in [2.45, 2.75) is 17.6 Å². The van der Waals surface area contributed by atoms with Crippen LogP contribution >= 0.6 is 11.3 Å². The largest absolute Gasteiger partial charge is 0.342 e. The highest BCUT2D eigenvalue weighted by atomic mass is 32.2. The first-order valence-corrected chi connectivity index (χ1v) is 7.15. The minimum atomic E-state index is -3.71. The normalized spacial score (nSPS) is 11.4. The zero-order valence-electron chi connectivity index (χ0n) is 9.13. The molecular formula is C9H14N2O3S2. The average Bonchev–Trinajstić information content (AvgIpc) is 2.65. The summed E-state index contributed by atoms with van der Waals surface area (Å²) in [5, 5.41) is 6.47. The minimum Gasteiger partial charge on any atom is -0.342 e. The van der Waals surface area contributed by atoms with Gasteiger partial charge in [-0.3, -0.25) is 4.79 Å². The van der Waals surface area contributed by atoms with Crippen molar-refractivity contribution in [1.82, 2.24) is 4.90 Å². The van der Waals surface area contributed by atoms with E-state index in [1.54, 1.807) is 11.9 Å². The van der Waals surface area contributed by atoms with E-state index in [9.17, 15) is 13.2 Å². The van der Waals surface area contributed by atoms with Crippen molar-refractivity contribution < 1.29 is 13.2 Å². The van der Waals surface area contributed by atoms with E-state index in [1.807, 2.05) is 6.92 Å². The van der Waals surface area contributed by atoms with Gasteiger partial charge in [0, 0.05) is 19.0 Å². The van der Waals surface area contributed by atoms with Crippen LogP contribution in [0.25, 0.3) is 0 Å². The minimum absolute atomic E-state index is 0.0146. The Hall–Kier alpha value is -0.920. The third-order valence-corrected chi connectivity index (χ3v) is 4.39. The topological polar surface area (TPSA) is 80.5 Å². The molecule has 0 aliphatic heterocycles. The fraction of sp³-hybridized carbons (Fsp3) is 0.444. The Morgan fingerprint density at radius 3 is 2.62 bits per heavy atom. The molecule has 0 unspecified atom stereocenters. The first kappa shape index (κ1) is 13.1. The quantitative estimate of drug-likeness (QED) is 0.874. The fourth-order valence-corrected chi connectivity index (χ4v) is 2.81. The lowest BCUT2D eigenvalue weighted by molar-refractivity contribution is 0.0795. The van der Waals surface area contributed by atoms with Crippen LogP contribution in [0, 0.1) is 0 Å². The van der Waals surface area contributed by atoms with Crippen molar-refractivity contribution >= 4 is 27.3 Å². The van der Waals surface area contributed by atoms with Crippen molar-refractivity contribution in [1.29, 1.82) is 0 Å². The summed E-state index contributed by atoms with van der Waals surface area (Å²) in [5.74, 6) is -0.187. The van der Waals surface area contributed by atoms with Crippen LogP contribution in [0.3, 0.4) is 0 Å². The van der Waals surface area contributed by atoms with Crippen LogP contribution < -0.4 is 5.14 Å². The molecule has 0 spiro atoms. The number of nitrogens with zero attached hydrogens (tertiary/aromatic N) is 1. The average molecular weight is 262 g/mol. The molecule has 1 heterocycles. The van der Waals surface area contributed by atoms with Crippen LogP contribution in [-0.4, -0.2) is 32.8 Å². The Morgan fingerprint density at radius 2 is 2.19 bits per heavy atom. The molecule has 0 fully saturated rings. The number of thiophene rings is 1. The predicted octanol–water partition coefficient (Wildman–Crippen LogP) is 0.878. The number of sulfonamides is 1.